The number of carbonyl (C=O) groups excluding carboxylic acids is 1. The van der Waals surface area contributed by atoms with Gasteiger partial charge in [0, 0.05) is 19.8 Å². The molecule has 0 atom stereocenters. The van der Waals surface area contributed by atoms with Gasteiger partial charge in [-0.15, -0.1) is 0 Å². The van der Waals surface area contributed by atoms with E-state index in [0.29, 0.717) is 6.20 Å². The molecule has 0 saturated carbocycles. The van der Waals surface area contributed by atoms with Gasteiger partial charge in [-0.05, 0) is 12.1 Å². The molecule has 104 valence electrons. The molecule has 1 N–H and O–H groups in total. The highest BCUT2D eigenvalue weighted by atomic mass is 19.4. The van der Waals surface area contributed by atoms with Crippen LogP contribution in [-0.4, -0.2) is 40.5 Å². The molecule has 1 rings (SSSR count). The first-order valence-corrected chi connectivity index (χ1v) is 5.22. The third-order valence-corrected chi connectivity index (χ3v) is 2.32. The molecule has 8 heteroatoms. The second-order valence-electron chi connectivity index (χ2n) is 3.80. The summed E-state index contributed by atoms with van der Waals surface area (Å²) in [6, 6.07) is 1.72. The molecule has 5 nitrogen and oxygen atoms in total. The number of alkyl halides is 3. The zero-order valence-corrected chi connectivity index (χ0v) is 9.94. The second-order valence-corrected chi connectivity index (χ2v) is 3.80. The summed E-state index contributed by atoms with van der Waals surface area (Å²) >= 11 is 0. The highest BCUT2D eigenvalue weighted by Crippen LogP contribution is 2.28. The molecule has 0 radical (unpaired) electrons. The van der Waals surface area contributed by atoms with Gasteiger partial charge in [-0.3, -0.25) is 14.6 Å². The Morgan fingerprint density at radius 2 is 2.00 bits per heavy atom. The van der Waals surface area contributed by atoms with Crippen LogP contribution in [0.15, 0.2) is 18.3 Å². The number of rotatable bonds is 4. The van der Waals surface area contributed by atoms with Crippen LogP contribution in [-0.2, 0) is 11.0 Å². The lowest BCUT2D eigenvalue weighted by molar-refractivity contribution is -0.138. The molecular weight excluding hydrogens is 265 g/mol. The molecule has 1 heterocycles. The quantitative estimate of drug-likeness (QED) is 0.907. The van der Waals surface area contributed by atoms with Gasteiger partial charge in [-0.2, -0.15) is 13.2 Å². The average Bonchev–Trinajstić information content (AvgIpc) is 2.34. The summed E-state index contributed by atoms with van der Waals surface area (Å²) in [5.74, 6) is -1.70. The normalized spacial score (nSPS) is 11.2. The molecule has 1 amide bonds. The van der Waals surface area contributed by atoms with Gasteiger partial charge in [0.1, 0.15) is 5.69 Å². The summed E-state index contributed by atoms with van der Waals surface area (Å²) in [5.41, 5.74) is -1.11. The van der Waals surface area contributed by atoms with E-state index in [2.05, 4.69) is 4.98 Å². The van der Waals surface area contributed by atoms with Crippen molar-refractivity contribution >= 4 is 11.9 Å². The van der Waals surface area contributed by atoms with Crippen molar-refractivity contribution in [3.8, 4) is 0 Å². The Morgan fingerprint density at radius 3 is 2.42 bits per heavy atom. The van der Waals surface area contributed by atoms with Crippen LogP contribution < -0.4 is 0 Å². The Kier molecular flexibility index (Phi) is 4.47. The average molecular weight is 276 g/mol. The van der Waals surface area contributed by atoms with Crippen molar-refractivity contribution in [2.75, 3.05) is 13.6 Å². The monoisotopic (exact) mass is 276 g/mol. The summed E-state index contributed by atoms with van der Waals surface area (Å²) in [5, 5.41) is 8.46. The number of carboxylic acid groups (broad SMARTS) is 1. The summed E-state index contributed by atoms with van der Waals surface area (Å²) in [4.78, 5) is 26.6. The van der Waals surface area contributed by atoms with Crippen LogP contribution in [0.1, 0.15) is 22.5 Å². The van der Waals surface area contributed by atoms with Gasteiger partial charge in [0.2, 0.25) is 0 Å². The minimum absolute atomic E-state index is 0.0448. The van der Waals surface area contributed by atoms with Crippen molar-refractivity contribution < 1.29 is 27.9 Å². The van der Waals surface area contributed by atoms with E-state index in [-0.39, 0.29) is 18.7 Å². The maximum absolute atomic E-state index is 12.3. The molecule has 0 spiro atoms. The fraction of sp³-hybridized carbons (Fsp3) is 0.364. The fourth-order valence-electron chi connectivity index (χ4n) is 1.25. The molecule has 0 saturated heterocycles. The van der Waals surface area contributed by atoms with E-state index in [1.165, 1.54) is 7.05 Å². The van der Waals surface area contributed by atoms with Gasteiger partial charge < -0.3 is 10.0 Å². The summed E-state index contributed by atoms with van der Waals surface area (Å²) < 4.78 is 36.9. The molecule has 0 aromatic carbocycles. The third-order valence-electron chi connectivity index (χ3n) is 2.32. The minimum atomic E-state index is -4.51. The number of halogens is 3. The van der Waals surface area contributed by atoms with Crippen LogP contribution in [0.25, 0.3) is 0 Å². The van der Waals surface area contributed by atoms with Gasteiger partial charge in [0.25, 0.3) is 5.91 Å². The lowest BCUT2D eigenvalue weighted by atomic mass is 10.2. The zero-order chi connectivity index (χ0) is 14.6. The van der Waals surface area contributed by atoms with Crippen LogP contribution in [0, 0.1) is 0 Å². The molecule has 0 fully saturated rings. The van der Waals surface area contributed by atoms with E-state index >= 15 is 0 Å². The largest absolute Gasteiger partial charge is 0.481 e. The molecule has 0 bridgehead atoms. The maximum Gasteiger partial charge on any atom is 0.417 e. The molecule has 0 unspecified atom stereocenters. The fourth-order valence-corrected chi connectivity index (χ4v) is 1.25. The van der Waals surface area contributed by atoms with Crippen LogP contribution in [0.2, 0.25) is 0 Å². The van der Waals surface area contributed by atoms with Crippen molar-refractivity contribution in [3.63, 3.8) is 0 Å². The Labute approximate surface area is 106 Å². The maximum atomic E-state index is 12.3. The van der Waals surface area contributed by atoms with Crippen LogP contribution in [0.3, 0.4) is 0 Å². The molecule has 1 aromatic rings. The standard InChI is InChI=1S/C11H11F3N2O3/c1-16(5-4-9(17)18)10(19)8-3-2-7(6-15-8)11(12,13)14/h2-3,6H,4-5H2,1H3,(H,17,18). The van der Waals surface area contributed by atoms with E-state index in [0.717, 1.165) is 17.0 Å². The Bertz CT molecular complexity index is 471. The van der Waals surface area contributed by atoms with Crippen molar-refractivity contribution in [3.05, 3.63) is 29.6 Å². The van der Waals surface area contributed by atoms with E-state index in [9.17, 15) is 22.8 Å². The van der Waals surface area contributed by atoms with Crippen LogP contribution in [0.4, 0.5) is 13.2 Å². The van der Waals surface area contributed by atoms with Gasteiger partial charge >= 0.3 is 12.1 Å². The van der Waals surface area contributed by atoms with Crippen LogP contribution in [0.5, 0.6) is 0 Å². The third kappa shape index (κ3) is 4.23. The zero-order valence-electron chi connectivity index (χ0n) is 9.94. The lowest BCUT2D eigenvalue weighted by Gasteiger charge is -2.15. The number of carboxylic acids is 1. The van der Waals surface area contributed by atoms with Crippen LogP contribution >= 0.6 is 0 Å². The number of pyridine rings is 1. The highest BCUT2D eigenvalue weighted by Gasteiger charge is 2.31. The van der Waals surface area contributed by atoms with Crippen molar-refractivity contribution in [1.29, 1.82) is 0 Å². The Hall–Kier alpha value is -2.12. The molecule has 19 heavy (non-hydrogen) atoms. The molecule has 0 aliphatic heterocycles. The molecule has 1 aromatic heterocycles. The predicted molar refractivity (Wildman–Crippen MR) is 58.5 cm³/mol. The number of carbonyl (C=O) groups is 2. The number of amides is 1. The molecule has 0 aliphatic rings. The van der Waals surface area contributed by atoms with Gasteiger partial charge in [0.05, 0.1) is 12.0 Å². The summed E-state index contributed by atoms with van der Waals surface area (Å²) in [6.07, 6.45) is -4.19. The summed E-state index contributed by atoms with van der Waals surface area (Å²) in [6.45, 7) is -0.0448. The molecule has 0 aliphatic carbocycles. The van der Waals surface area contributed by atoms with Gasteiger partial charge in [-0.1, -0.05) is 0 Å². The first kappa shape index (κ1) is 14.9. The Balaban J connectivity index is 2.75. The lowest BCUT2D eigenvalue weighted by Crippen LogP contribution is -2.29. The van der Waals surface area contributed by atoms with Crippen molar-refractivity contribution in [2.45, 2.75) is 12.6 Å². The topological polar surface area (TPSA) is 70.5 Å². The first-order valence-electron chi connectivity index (χ1n) is 5.22. The van der Waals surface area contributed by atoms with Crippen molar-refractivity contribution in [2.24, 2.45) is 0 Å². The first-order chi connectivity index (χ1) is 8.71. The van der Waals surface area contributed by atoms with E-state index in [1.807, 2.05) is 0 Å². The van der Waals surface area contributed by atoms with E-state index in [4.69, 9.17) is 5.11 Å². The molecular formula is C11H11F3N2O3. The predicted octanol–water partition coefficient (Wildman–Crippen LogP) is 1.65. The highest BCUT2D eigenvalue weighted by molar-refractivity contribution is 5.92. The number of hydrogen-bond acceptors (Lipinski definition) is 3. The second kappa shape index (κ2) is 5.68. The minimum Gasteiger partial charge on any atom is -0.481 e. The van der Waals surface area contributed by atoms with E-state index < -0.39 is 23.6 Å². The number of nitrogens with zero attached hydrogens (tertiary/aromatic N) is 2. The number of aromatic nitrogens is 1. The van der Waals surface area contributed by atoms with Gasteiger partial charge in [0.15, 0.2) is 0 Å². The van der Waals surface area contributed by atoms with E-state index in [1.54, 1.807) is 0 Å². The van der Waals surface area contributed by atoms with Crippen molar-refractivity contribution in [1.82, 2.24) is 9.88 Å². The SMILES string of the molecule is CN(CCC(=O)O)C(=O)c1ccc(C(F)(F)F)cn1. The van der Waals surface area contributed by atoms with Gasteiger partial charge in [-0.25, -0.2) is 0 Å². The smallest absolute Gasteiger partial charge is 0.417 e. The summed E-state index contributed by atoms with van der Waals surface area (Å²) in [7, 11) is 1.35. The number of hydrogen-bond donors (Lipinski definition) is 1. The Morgan fingerprint density at radius 1 is 1.37 bits per heavy atom. The number of aliphatic carboxylic acids is 1.